The summed E-state index contributed by atoms with van der Waals surface area (Å²) in [5, 5.41) is 4.00. The second-order valence-electron chi connectivity index (χ2n) is 5.30. The average molecular weight is 323 g/mol. The van der Waals surface area contributed by atoms with Gasteiger partial charge in [-0.05, 0) is 30.7 Å². The number of sulfonamides is 1. The Bertz CT molecular complexity index is 749. The van der Waals surface area contributed by atoms with Gasteiger partial charge in [-0.15, -0.1) is 0 Å². The first kappa shape index (κ1) is 15.0. The van der Waals surface area contributed by atoms with E-state index in [9.17, 15) is 8.42 Å². The van der Waals surface area contributed by atoms with Gasteiger partial charge in [0.05, 0.1) is 18.6 Å². The largest absolute Gasteiger partial charge is 0.381 e. The van der Waals surface area contributed by atoms with E-state index in [0.29, 0.717) is 24.0 Å². The van der Waals surface area contributed by atoms with E-state index in [2.05, 4.69) is 10.1 Å². The van der Waals surface area contributed by atoms with Crippen molar-refractivity contribution >= 4 is 15.7 Å². The third-order valence-corrected chi connectivity index (χ3v) is 4.92. The van der Waals surface area contributed by atoms with Crippen LogP contribution in [0.5, 0.6) is 0 Å². The Morgan fingerprint density at radius 2 is 2.00 bits per heavy atom. The molecule has 1 fully saturated rings. The van der Waals surface area contributed by atoms with Crippen molar-refractivity contribution in [2.75, 3.05) is 30.8 Å². The summed E-state index contributed by atoms with van der Waals surface area (Å²) in [5.74, 6) is 1.27. The Kier molecular flexibility index (Phi) is 3.88. The van der Waals surface area contributed by atoms with Crippen LogP contribution in [0.15, 0.2) is 28.8 Å². The monoisotopic (exact) mass is 323 g/mol. The lowest BCUT2D eigenvalue weighted by molar-refractivity contribution is 0.192. The van der Waals surface area contributed by atoms with Gasteiger partial charge in [0.1, 0.15) is 0 Å². The number of nitrogens with zero attached hydrogens (tertiary/aromatic N) is 3. The lowest BCUT2D eigenvalue weighted by Crippen LogP contribution is -2.24. The molecule has 118 valence electrons. The van der Waals surface area contributed by atoms with Gasteiger partial charge < -0.3 is 9.26 Å². The van der Waals surface area contributed by atoms with E-state index in [1.54, 1.807) is 24.3 Å². The Labute approximate surface area is 128 Å². The minimum Gasteiger partial charge on any atom is -0.381 e. The summed E-state index contributed by atoms with van der Waals surface area (Å²) in [5.41, 5.74) is 1.33. The lowest BCUT2D eigenvalue weighted by Gasteiger charge is -2.16. The van der Waals surface area contributed by atoms with Crippen LogP contribution in [-0.2, 0) is 14.8 Å². The normalized spacial score (nSPS) is 18.5. The van der Waals surface area contributed by atoms with Crippen LogP contribution in [0.2, 0.25) is 0 Å². The first-order valence-electron chi connectivity index (χ1n) is 6.91. The van der Waals surface area contributed by atoms with E-state index in [-0.39, 0.29) is 5.92 Å². The Morgan fingerprint density at radius 3 is 2.59 bits per heavy atom. The molecule has 2 aromatic rings. The highest BCUT2D eigenvalue weighted by Crippen LogP contribution is 2.27. The van der Waals surface area contributed by atoms with Crippen molar-refractivity contribution in [2.45, 2.75) is 12.3 Å². The zero-order valence-electron chi connectivity index (χ0n) is 12.4. The van der Waals surface area contributed by atoms with Crippen LogP contribution < -0.4 is 4.31 Å². The summed E-state index contributed by atoms with van der Waals surface area (Å²) < 4.78 is 34.8. The molecule has 0 aliphatic carbocycles. The zero-order valence-corrected chi connectivity index (χ0v) is 13.2. The van der Waals surface area contributed by atoms with Crippen molar-refractivity contribution in [2.24, 2.45) is 0 Å². The van der Waals surface area contributed by atoms with Crippen molar-refractivity contribution in [3.63, 3.8) is 0 Å². The van der Waals surface area contributed by atoms with Crippen LogP contribution in [0.3, 0.4) is 0 Å². The molecule has 1 aromatic carbocycles. The van der Waals surface area contributed by atoms with E-state index < -0.39 is 10.0 Å². The summed E-state index contributed by atoms with van der Waals surface area (Å²) in [6.07, 6.45) is 2.06. The van der Waals surface area contributed by atoms with Crippen LogP contribution in [0.25, 0.3) is 11.5 Å². The summed E-state index contributed by atoms with van der Waals surface area (Å²) in [6.45, 7) is 1.35. The smallest absolute Gasteiger partial charge is 0.257 e. The molecule has 2 heterocycles. The van der Waals surface area contributed by atoms with Crippen LogP contribution in [-0.4, -0.2) is 45.1 Å². The SMILES string of the molecule is CN(c1ccc(-c2nc([C@H]3CCOC3)no2)cc1)S(C)(=O)=O. The van der Waals surface area contributed by atoms with E-state index in [1.165, 1.54) is 11.4 Å². The topological polar surface area (TPSA) is 85.5 Å². The van der Waals surface area contributed by atoms with Crippen molar-refractivity contribution < 1.29 is 17.7 Å². The molecule has 0 spiro atoms. The van der Waals surface area contributed by atoms with Crippen molar-refractivity contribution in [3.05, 3.63) is 30.1 Å². The lowest BCUT2D eigenvalue weighted by atomic mass is 10.1. The molecular formula is C14H17N3O4S. The van der Waals surface area contributed by atoms with Crippen LogP contribution in [0.1, 0.15) is 18.2 Å². The molecule has 0 radical (unpaired) electrons. The molecular weight excluding hydrogens is 306 g/mol. The van der Waals surface area contributed by atoms with Crippen molar-refractivity contribution in [1.29, 1.82) is 0 Å². The van der Waals surface area contributed by atoms with Crippen molar-refractivity contribution in [3.8, 4) is 11.5 Å². The number of ether oxygens (including phenoxy) is 1. The molecule has 1 aliphatic heterocycles. The maximum atomic E-state index is 11.5. The highest BCUT2D eigenvalue weighted by molar-refractivity contribution is 7.92. The molecule has 1 saturated heterocycles. The van der Waals surface area contributed by atoms with Gasteiger partial charge in [0, 0.05) is 25.1 Å². The number of hydrogen-bond donors (Lipinski definition) is 0. The molecule has 7 nitrogen and oxygen atoms in total. The Hall–Kier alpha value is -1.93. The second kappa shape index (κ2) is 5.69. The predicted octanol–water partition coefficient (Wildman–Crippen LogP) is 1.64. The van der Waals surface area contributed by atoms with E-state index in [1.807, 2.05) is 0 Å². The molecule has 1 aliphatic rings. The quantitative estimate of drug-likeness (QED) is 0.850. The number of hydrogen-bond acceptors (Lipinski definition) is 6. The number of benzene rings is 1. The first-order chi connectivity index (χ1) is 10.4. The van der Waals surface area contributed by atoms with Gasteiger partial charge in [-0.25, -0.2) is 8.42 Å². The molecule has 0 N–H and O–H groups in total. The molecule has 3 rings (SSSR count). The van der Waals surface area contributed by atoms with Gasteiger partial charge in [-0.1, -0.05) is 5.16 Å². The fourth-order valence-electron chi connectivity index (χ4n) is 2.26. The molecule has 22 heavy (non-hydrogen) atoms. The maximum absolute atomic E-state index is 11.5. The number of aromatic nitrogens is 2. The Morgan fingerprint density at radius 1 is 1.27 bits per heavy atom. The maximum Gasteiger partial charge on any atom is 0.257 e. The third kappa shape index (κ3) is 2.97. The first-order valence-corrected chi connectivity index (χ1v) is 8.75. The summed E-state index contributed by atoms with van der Waals surface area (Å²) in [7, 11) is -1.76. The molecule has 0 unspecified atom stereocenters. The Balaban J connectivity index is 1.81. The molecule has 0 bridgehead atoms. The number of anilines is 1. The van der Waals surface area contributed by atoms with Gasteiger partial charge in [0.25, 0.3) is 5.89 Å². The van der Waals surface area contributed by atoms with E-state index in [4.69, 9.17) is 9.26 Å². The average Bonchev–Trinajstić information content (AvgIpc) is 3.16. The van der Waals surface area contributed by atoms with Gasteiger partial charge in [-0.3, -0.25) is 4.31 Å². The van der Waals surface area contributed by atoms with Crippen molar-refractivity contribution in [1.82, 2.24) is 10.1 Å². The number of rotatable bonds is 4. The minimum absolute atomic E-state index is 0.188. The molecule has 0 amide bonds. The predicted molar refractivity (Wildman–Crippen MR) is 81.2 cm³/mol. The molecule has 8 heteroatoms. The van der Waals surface area contributed by atoms with Crippen LogP contribution in [0, 0.1) is 0 Å². The van der Waals surface area contributed by atoms with E-state index in [0.717, 1.165) is 24.8 Å². The summed E-state index contributed by atoms with van der Waals surface area (Å²) in [6, 6.07) is 6.94. The molecule has 0 saturated carbocycles. The van der Waals surface area contributed by atoms with Gasteiger partial charge in [0.15, 0.2) is 5.82 Å². The summed E-state index contributed by atoms with van der Waals surface area (Å²) >= 11 is 0. The highest BCUT2D eigenvalue weighted by Gasteiger charge is 2.23. The van der Waals surface area contributed by atoms with Crippen LogP contribution >= 0.6 is 0 Å². The second-order valence-corrected chi connectivity index (χ2v) is 7.31. The molecule has 1 atom stereocenters. The van der Waals surface area contributed by atoms with Crippen LogP contribution in [0.4, 0.5) is 5.69 Å². The zero-order chi connectivity index (χ0) is 15.7. The molecule has 1 aromatic heterocycles. The van der Waals surface area contributed by atoms with E-state index >= 15 is 0 Å². The standard InChI is InChI=1S/C14H17N3O4S/c1-17(22(2,18)19)12-5-3-10(4-6-12)14-15-13(16-21-14)11-7-8-20-9-11/h3-6,11H,7-9H2,1-2H3/t11-/m0/s1. The summed E-state index contributed by atoms with van der Waals surface area (Å²) in [4.78, 5) is 4.40. The van der Waals surface area contributed by atoms with Gasteiger partial charge in [-0.2, -0.15) is 4.98 Å². The third-order valence-electron chi connectivity index (χ3n) is 3.71. The fraction of sp³-hybridized carbons (Fsp3) is 0.429. The van der Waals surface area contributed by atoms with Gasteiger partial charge >= 0.3 is 0 Å². The fourth-order valence-corrected chi connectivity index (χ4v) is 2.77. The minimum atomic E-state index is -3.27. The highest BCUT2D eigenvalue weighted by atomic mass is 32.2. The van der Waals surface area contributed by atoms with Gasteiger partial charge in [0.2, 0.25) is 10.0 Å².